The molecule has 0 aliphatic carbocycles. The SMILES string of the molecule is CC(Cc1ccccc1F)C(=O)N1CCN(C(=O)c2cccs2)CC1. The summed E-state index contributed by atoms with van der Waals surface area (Å²) >= 11 is 1.43. The van der Waals surface area contributed by atoms with Gasteiger partial charge in [-0.15, -0.1) is 11.3 Å². The molecule has 0 radical (unpaired) electrons. The van der Waals surface area contributed by atoms with Gasteiger partial charge in [0.1, 0.15) is 5.82 Å². The highest BCUT2D eigenvalue weighted by molar-refractivity contribution is 7.12. The third-order valence-electron chi connectivity index (χ3n) is 4.52. The first-order chi connectivity index (χ1) is 12.1. The van der Waals surface area contributed by atoms with Crippen molar-refractivity contribution in [3.8, 4) is 0 Å². The van der Waals surface area contributed by atoms with Crippen LogP contribution in [0.15, 0.2) is 41.8 Å². The van der Waals surface area contributed by atoms with E-state index in [0.717, 1.165) is 4.88 Å². The minimum atomic E-state index is -0.281. The molecule has 3 rings (SSSR count). The summed E-state index contributed by atoms with van der Waals surface area (Å²) in [6.45, 7) is 3.96. The third kappa shape index (κ3) is 4.07. The van der Waals surface area contributed by atoms with E-state index in [9.17, 15) is 14.0 Å². The van der Waals surface area contributed by atoms with Gasteiger partial charge in [-0.2, -0.15) is 0 Å². The Morgan fingerprint density at radius 3 is 2.40 bits per heavy atom. The number of rotatable bonds is 4. The molecule has 0 saturated carbocycles. The lowest BCUT2D eigenvalue weighted by molar-refractivity contribution is -0.136. The van der Waals surface area contributed by atoms with Gasteiger partial charge in [-0.1, -0.05) is 31.2 Å². The van der Waals surface area contributed by atoms with Gasteiger partial charge in [0.2, 0.25) is 5.91 Å². The van der Waals surface area contributed by atoms with Crippen LogP contribution in [0.2, 0.25) is 0 Å². The van der Waals surface area contributed by atoms with Crippen LogP contribution in [-0.4, -0.2) is 47.8 Å². The normalized spacial score (nSPS) is 15.9. The van der Waals surface area contributed by atoms with Gasteiger partial charge in [0.15, 0.2) is 0 Å². The number of halogens is 1. The van der Waals surface area contributed by atoms with Gasteiger partial charge in [0.05, 0.1) is 4.88 Å². The van der Waals surface area contributed by atoms with Gasteiger partial charge in [0, 0.05) is 32.1 Å². The first-order valence-corrected chi connectivity index (χ1v) is 9.29. The molecule has 132 valence electrons. The summed E-state index contributed by atoms with van der Waals surface area (Å²) in [5.74, 6) is -0.502. The first kappa shape index (κ1) is 17.6. The van der Waals surface area contributed by atoms with Crippen LogP contribution in [0.4, 0.5) is 4.39 Å². The van der Waals surface area contributed by atoms with Crippen molar-refractivity contribution in [2.24, 2.45) is 5.92 Å². The Hall–Kier alpha value is -2.21. The van der Waals surface area contributed by atoms with Crippen LogP contribution in [0.3, 0.4) is 0 Å². The zero-order valence-electron chi connectivity index (χ0n) is 14.2. The van der Waals surface area contributed by atoms with Crippen molar-refractivity contribution in [2.75, 3.05) is 26.2 Å². The maximum atomic E-state index is 13.8. The maximum absolute atomic E-state index is 13.8. The zero-order chi connectivity index (χ0) is 17.8. The summed E-state index contributed by atoms with van der Waals surface area (Å²) < 4.78 is 13.8. The van der Waals surface area contributed by atoms with Crippen molar-refractivity contribution in [2.45, 2.75) is 13.3 Å². The number of carbonyl (C=O) groups is 2. The molecule has 2 aromatic rings. The smallest absolute Gasteiger partial charge is 0.264 e. The van der Waals surface area contributed by atoms with Crippen LogP contribution in [0.1, 0.15) is 22.2 Å². The Bertz CT molecular complexity index is 740. The molecule has 1 aromatic carbocycles. The molecule has 1 aliphatic heterocycles. The molecule has 25 heavy (non-hydrogen) atoms. The van der Waals surface area contributed by atoms with Gasteiger partial charge < -0.3 is 9.80 Å². The molecule has 1 saturated heterocycles. The third-order valence-corrected chi connectivity index (χ3v) is 5.37. The second kappa shape index (κ2) is 7.78. The van der Waals surface area contributed by atoms with Crippen molar-refractivity contribution in [3.63, 3.8) is 0 Å². The molecule has 1 aliphatic rings. The van der Waals surface area contributed by atoms with Crippen molar-refractivity contribution in [1.82, 2.24) is 9.80 Å². The van der Waals surface area contributed by atoms with E-state index in [2.05, 4.69) is 0 Å². The fourth-order valence-electron chi connectivity index (χ4n) is 3.08. The van der Waals surface area contributed by atoms with E-state index in [-0.39, 0.29) is 23.5 Å². The Kier molecular flexibility index (Phi) is 5.48. The molecule has 2 amide bonds. The van der Waals surface area contributed by atoms with Gasteiger partial charge in [0.25, 0.3) is 5.91 Å². The Morgan fingerprint density at radius 1 is 1.08 bits per heavy atom. The second-order valence-corrected chi connectivity index (χ2v) is 7.24. The minimum absolute atomic E-state index is 0.0199. The summed E-state index contributed by atoms with van der Waals surface area (Å²) in [6.07, 6.45) is 0.389. The van der Waals surface area contributed by atoms with Crippen molar-refractivity contribution < 1.29 is 14.0 Å². The summed E-state index contributed by atoms with van der Waals surface area (Å²) in [7, 11) is 0. The van der Waals surface area contributed by atoms with Crippen LogP contribution in [-0.2, 0) is 11.2 Å². The van der Waals surface area contributed by atoms with E-state index in [4.69, 9.17) is 0 Å². The summed E-state index contributed by atoms with van der Waals surface area (Å²) in [6, 6.07) is 10.3. The van der Waals surface area contributed by atoms with Gasteiger partial charge in [-0.25, -0.2) is 4.39 Å². The number of carbonyl (C=O) groups excluding carboxylic acids is 2. The van der Waals surface area contributed by atoms with Crippen LogP contribution >= 0.6 is 11.3 Å². The fourth-order valence-corrected chi connectivity index (χ4v) is 3.77. The second-order valence-electron chi connectivity index (χ2n) is 6.29. The molecule has 1 fully saturated rings. The van der Waals surface area contributed by atoms with E-state index in [1.165, 1.54) is 17.4 Å². The van der Waals surface area contributed by atoms with E-state index in [0.29, 0.717) is 38.2 Å². The number of piperazine rings is 1. The van der Waals surface area contributed by atoms with Crippen LogP contribution in [0.5, 0.6) is 0 Å². The molecule has 4 nitrogen and oxygen atoms in total. The summed E-state index contributed by atoms with van der Waals surface area (Å²) in [4.78, 5) is 29.3. The van der Waals surface area contributed by atoms with Gasteiger partial charge in [-0.05, 0) is 29.5 Å². The topological polar surface area (TPSA) is 40.6 Å². The van der Waals surface area contributed by atoms with Crippen LogP contribution in [0.25, 0.3) is 0 Å². The zero-order valence-corrected chi connectivity index (χ0v) is 15.0. The number of hydrogen-bond donors (Lipinski definition) is 0. The predicted octanol–water partition coefficient (Wildman–Crippen LogP) is 3.05. The quantitative estimate of drug-likeness (QED) is 0.841. The van der Waals surface area contributed by atoms with Gasteiger partial charge >= 0.3 is 0 Å². The van der Waals surface area contributed by atoms with Crippen molar-refractivity contribution in [1.29, 1.82) is 0 Å². The van der Waals surface area contributed by atoms with Crippen LogP contribution in [0, 0.1) is 11.7 Å². The molecular weight excluding hydrogens is 339 g/mol. The first-order valence-electron chi connectivity index (χ1n) is 8.41. The molecule has 0 bridgehead atoms. The standard InChI is InChI=1S/C19H21FN2O2S/c1-14(13-15-5-2-3-6-16(15)20)18(23)21-8-10-22(11-9-21)19(24)17-7-4-12-25-17/h2-7,12,14H,8-11,13H2,1H3. The molecular formula is C19H21FN2O2S. The Balaban J connectivity index is 1.54. The number of nitrogens with zero attached hydrogens (tertiary/aromatic N) is 2. The van der Waals surface area contributed by atoms with E-state index in [1.807, 2.05) is 24.4 Å². The van der Waals surface area contributed by atoms with E-state index < -0.39 is 0 Å². The number of thiophene rings is 1. The molecule has 1 aromatic heterocycles. The molecule has 1 atom stereocenters. The molecule has 2 heterocycles. The monoisotopic (exact) mass is 360 g/mol. The molecule has 0 N–H and O–H groups in total. The molecule has 6 heteroatoms. The molecule has 0 spiro atoms. The lowest BCUT2D eigenvalue weighted by Crippen LogP contribution is -2.51. The highest BCUT2D eigenvalue weighted by Crippen LogP contribution is 2.17. The Morgan fingerprint density at radius 2 is 1.76 bits per heavy atom. The average molecular weight is 360 g/mol. The largest absolute Gasteiger partial charge is 0.339 e. The summed E-state index contributed by atoms with van der Waals surface area (Å²) in [5.41, 5.74) is 0.565. The van der Waals surface area contributed by atoms with E-state index in [1.54, 1.807) is 28.0 Å². The Labute approximate surface area is 150 Å². The van der Waals surface area contributed by atoms with Crippen LogP contribution < -0.4 is 0 Å². The lowest BCUT2D eigenvalue weighted by Gasteiger charge is -2.35. The predicted molar refractivity (Wildman–Crippen MR) is 96.1 cm³/mol. The highest BCUT2D eigenvalue weighted by atomic mass is 32.1. The number of hydrogen-bond acceptors (Lipinski definition) is 3. The van der Waals surface area contributed by atoms with Crippen molar-refractivity contribution in [3.05, 3.63) is 58.0 Å². The maximum Gasteiger partial charge on any atom is 0.264 e. The fraction of sp³-hybridized carbons (Fsp3) is 0.368. The van der Waals surface area contributed by atoms with E-state index >= 15 is 0 Å². The number of amides is 2. The van der Waals surface area contributed by atoms with Crippen molar-refractivity contribution >= 4 is 23.2 Å². The summed E-state index contributed by atoms with van der Waals surface area (Å²) in [5, 5.41) is 1.89. The lowest BCUT2D eigenvalue weighted by atomic mass is 9.99. The van der Waals surface area contributed by atoms with Gasteiger partial charge in [-0.3, -0.25) is 9.59 Å². The number of benzene rings is 1. The highest BCUT2D eigenvalue weighted by Gasteiger charge is 2.28. The molecule has 1 unspecified atom stereocenters. The average Bonchev–Trinajstić information content (AvgIpc) is 3.17. The minimum Gasteiger partial charge on any atom is -0.339 e.